The molecule has 0 aliphatic heterocycles. The summed E-state index contributed by atoms with van der Waals surface area (Å²) in [5.74, 6) is -0.679. The SMILES string of the molecule is Cc1ccc(NC(=O)CSc2nnnn2-c2ccc(OC(F)(F)F)cc2)c(Cl)c1. The number of tetrazole rings is 1. The first-order chi connectivity index (χ1) is 13.7. The topological polar surface area (TPSA) is 81.9 Å². The van der Waals surface area contributed by atoms with Crippen LogP contribution in [0.4, 0.5) is 18.9 Å². The van der Waals surface area contributed by atoms with Gasteiger partial charge in [0.2, 0.25) is 11.1 Å². The molecule has 7 nitrogen and oxygen atoms in total. The van der Waals surface area contributed by atoms with Crippen molar-refractivity contribution in [3.05, 3.63) is 53.1 Å². The summed E-state index contributed by atoms with van der Waals surface area (Å²) in [6.07, 6.45) is -4.77. The number of aryl methyl sites for hydroxylation is 1. The monoisotopic (exact) mass is 443 g/mol. The molecule has 1 amide bonds. The third-order valence-electron chi connectivity index (χ3n) is 3.49. The Labute approximate surface area is 172 Å². The van der Waals surface area contributed by atoms with Crippen LogP contribution in [0.1, 0.15) is 5.56 Å². The van der Waals surface area contributed by atoms with Crippen molar-refractivity contribution >= 4 is 35.0 Å². The van der Waals surface area contributed by atoms with Gasteiger partial charge in [0.15, 0.2) is 0 Å². The molecule has 0 unspecified atom stereocenters. The smallest absolute Gasteiger partial charge is 0.406 e. The summed E-state index contributed by atoms with van der Waals surface area (Å²) in [6.45, 7) is 1.88. The molecule has 0 aliphatic rings. The average molecular weight is 444 g/mol. The lowest BCUT2D eigenvalue weighted by Gasteiger charge is -2.10. The molecule has 0 aliphatic carbocycles. The quantitative estimate of drug-likeness (QED) is 0.573. The number of nitrogens with one attached hydrogen (secondary N) is 1. The predicted octanol–water partition coefficient (Wildman–Crippen LogP) is 4.25. The van der Waals surface area contributed by atoms with Crippen LogP contribution in [-0.2, 0) is 4.79 Å². The molecule has 0 fully saturated rings. The fourth-order valence-electron chi connectivity index (χ4n) is 2.26. The van der Waals surface area contributed by atoms with E-state index in [0.717, 1.165) is 29.5 Å². The Morgan fingerprint density at radius 3 is 2.62 bits per heavy atom. The van der Waals surface area contributed by atoms with Gasteiger partial charge in [-0.2, -0.15) is 4.68 Å². The van der Waals surface area contributed by atoms with Crippen LogP contribution in [0.15, 0.2) is 47.6 Å². The number of amides is 1. The molecule has 0 radical (unpaired) electrons. The van der Waals surface area contributed by atoms with Gasteiger partial charge in [0, 0.05) is 0 Å². The first-order valence-electron chi connectivity index (χ1n) is 8.04. The number of rotatable bonds is 6. The molecule has 3 aromatic rings. The lowest BCUT2D eigenvalue weighted by atomic mass is 10.2. The van der Waals surface area contributed by atoms with E-state index in [9.17, 15) is 18.0 Å². The zero-order valence-electron chi connectivity index (χ0n) is 14.8. The molecule has 2 aromatic carbocycles. The molecule has 3 rings (SSSR count). The molecule has 29 heavy (non-hydrogen) atoms. The second-order valence-corrected chi connectivity index (χ2v) is 7.08. The maximum Gasteiger partial charge on any atom is 0.573 e. The van der Waals surface area contributed by atoms with Crippen LogP contribution < -0.4 is 10.1 Å². The number of anilines is 1. The van der Waals surface area contributed by atoms with Crippen LogP contribution >= 0.6 is 23.4 Å². The summed E-state index contributed by atoms with van der Waals surface area (Å²) in [6, 6.07) is 10.3. The van der Waals surface area contributed by atoms with Crippen molar-refractivity contribution in [1.82, 2.24) is 20.2 Å². The number of aromatic nitrogens is 4. The third-order valence-corrected chi connectivity index (χ3v) is 4.72. The van der Waals surface area contributed by atoms with E-state index >= 15 is 0 Å². The second kappa shape index (κ2) is 8.70. The highest BCUT2D eigenvalue weighted by Gasteiger charge is 2.31. The molecule has 0 saturated heterocycles. The van der Waals surface area contributed by atoms with E-state index in [0.29, 0.717) is 21.6 Å². The number of carbonyl (C=O) groups excluding carboxylic acids is 1. The number of thioether (sulfide) groups is 1. The predicted molar refractivity (Wildman–Crippen MR) is 101 cm³/mol. The van der Waals surface area contributed by atoms with Crippen LogP contribution in [0.2, 0.25) is 5.02 Å². The number of alkyl halides is 3. The summed E-state index contributed by atoms with van der Waals surface area (Å²) in [5, 5.41) is 14.6. The number of hydrogen-bond donors (Lipinski definition) is 1. The fraction of sp³-hybridized carbons (Fsp3) is 0.176. The summed E-state index contributed by atoms with van der Waals surface area (Å²) >= 11 is 7.15. The van der Waals surface area contributed by atoms with E-state index in [-0.39, 0.29) is 17.4 Å². The highest BCUT2D eigenvalue weighted by molar-refractivity contribution is 7.99. The molecular formula is C17H13ClF3N5O2S. The van der Waals surface area contributed by atoms with Crippen molar-refractivity contribution in [2.45, 2.75) is 18.4 Å². The van der Waals surface area contributed by atoms with Crippen molar-refractivity contribution in [2.24, 2.45) is 0 Å². The molecule has 152 valence electrons. The lowest BCUT2D eigenvalue weighted by molar-refractivity contribution is -0.274. The van der Waals surface area contributed by atoms with Crippen molar-refractivity contribution in [3.8, 4) is 11.4 Å². The zero-order valence-corrected chi connectivity index (χ0v) is 16.3. The summed E-state index contributed by atoms with van der Waals surface area (Å²) in [4.78, 5) is 12.2. The molecule has 0 saturated carbocycles. The Balaban J connectivity index is 1.63. The summed E-state index contributed by atoms with van der Waals surface area (Å²) < 4.78 is 41.9. The Morgan fingerprint density at radius 2 is 1.97 bits per heavy atom. The van der Waals surface area contributed by atoms with Gasteiger partial charge in [-0.1, -0.05) is 29.4 Å². The molecule has 1 heterocycles. The van der Waals surface area contributed by atoms with Crippen LogP contribution in [-0.4, -0.2) is 38.2 Å². The number of carbonyl (C=O) groups is 1. The third kappa shape index (κ3) is 5.84. The van der Waals surface area contributed by atoms with Gasteiger partial charge in [0.1, 0.15) is 5.75 Å². The number of nitrogens with zero attached hydrogens (tertiary/aromatic N) is 4. The number of benzene rings is 2. The number of halogens is 4. The molecule has 0 spiro atoms. The first-order valence-corrected chi connectivity index (χ1v) is 9.41. The van der Waals surface area contributed by atoms with Crippen molar-refractivity contribution < 1.29 is 22.7 Å². The molecule has 0 bridgehead atoms. The van der Waals surface area contributed by atoms with Crippen molar-refractivity contribution in [3.63, 3.8) is 0 Å². The van der Waals surface area contributed by atoms with Crippen molar-refractivity contribution in [2.75, 3.05) is 11.1 Å². The average Bonchev–Trinajstić information content (AvgIpc) is 3.10. The van der Waals surface area contributed by atoms with E-state index in [1.54, 1.807) is 12.1 Å². The fourth-order valence-corrected chi connectivity index (χ4v) is 3.23. The highest BCUT2D eigenvalue weighted by Crippen LogP contribution is 2.26. The van der Waals surface area contributed by atoms with Gasteiger partial charge in [-0.15, -0.1) is 18.3 Å². The highest BCUT2D eigenvalue weighted by atomic mass is 35.5. The van der Waals surface area contributed by atoms with E-state index in [1.165, 1.54) is 16.8 Å². The Kier molecular flexibility index (Phi) is 6.28. The Bertz CT molecular complexity index is 1010. The molecule has 0 atom stereocenters. The van der Waals surface area contributed by atoms with Gasteiger partial charge in [-0.25, -0.2) is 0 Å². The van der Waals surface area contributed by atoms with Crippen LogP contribution in [0.5, 0.6) is 5.75 Å². The second-order valence-electron chi connectivity index (χ2n) is 5.74. The van der Waals surface area contributed by atoms with Crippen LogP contribution in [0.3, 0.4) is 0 Å². The molecule has 12 heteroatoms. The van der Waals surface area contributed by atoms with Gasteiger partial charge in [-0.05, 0) is 59.3 Å². The van der Waals surface area contributed by atoms with E-state index in [4.69, 9.17) is 11.6 Å². The van der Waals surface area contributed by atoms with Gasteiger partial charge in [0.25, 0.3) is 0 Å². The minimum absolute atomic E-state index is 0.000152. The zero-order chi connectivity index (χ0) is 21.0. The summed E-state index contributed by atoms with van der Waals surface area (Å²) in [5.41, 5.74) is 1.87. The molecule has 1 aromatic heterocycles. The lowest BCUT2D eigenvalue weighted by Crippen LogP contribution is -2.17. The number of ether oxygens (including phenoxy) is 1. The molecule has 1 N–H and O–H groups in total. The largest absolute Gasteiger partial charge is 0.573 e. The van der Waals surface area contributed by atoms with Crippen LogP contribution in [0.25, 0.3) is 5.69 Å². The van der Waals surface area contributed by atoms with E-state index in [2.05, 4.69) is 25.6 Å². The number of hydrogen-bond acceptors (Lipinski definition) is 6. The van der Waals surface area contributed by atoms with E-state index < -0.39 is 6.36 Å². The van der Waals surface area contributed by atoms with Crippen LogP contribution in [0, 0.1) is 6.92 Å². The van der Waals surface area contributed by atoms with Crippen molar-refractivity contribution in [1.29, 1.82) is 0 Å². The minimum Gasteiger partial charge on any atom is -0.406 e. The van der Waals surface area contributed by atoms with Gasteiger partial charge < -0.3 is 10.1 Å². The Morgan fingerprint density at radius 1 is 1.24 bits per heavy atom. The first kappa shape index (κ1) is 20.9. The maximum absolute atomic E-state index is 12.2. The van der Waals surface area contributed by atoms with Gasteiger partial charge >= 0.3 is 6.36 Å². The van der Waals surface area contributed by atoms with E-state index in [1.807, 2.05) is 13.0 Å². The van der Waals surface area contributed by atoms with Gasteiger partial charge in [-0.3, -0.25) is 4.79 Å². The minimum atomic E-state index is -4.77. The maximum atomic E-state index is 12.2. The molecular weight excluding hydrogens is 431 g/mol. The standard InChI is InChI=1S/C17H13ClF3N5O2S/c1-10-2-7-14(13(18)8-10)22-15(27)9-29-16-23-24-25-26(16)11-3-5-12(6-4-11)28-17(19,20)21/h2-8H,9H2,1H3,(H,22,27). The normalized spacial score (nSPS) is 11.3. The Hall–Kier alpha value is -2.79. The summed E-state index contributed by atoms with van der Waals surface area (Å²) in [7, 11) is 0. The van der Waals surface area contributed by atoms with Gasteiger partial charge in [0.05, 0.1) is 22.2 Å².